The Morgan fingerprint density at radius 2 is 2.00 bits per heavy atom. The van der Waals surface area contributed by atoms with E-state index < -0.39 is 17.3 Å². The largest absolute Gasteiger partial charge is 0.477 e. The molecule has 0 spiro atoms. The lowest BCUT2D eigenvalue weighted by Crippen LogP contribution is -2.29. The van der Waals surface area contributed by atoms with Crippen molar-refractivity contribution >= 4 is 21.9 Å². The minimum atomic E-state index is -1.24. The number of carbonyl (C=O) groups is 1. The van der Waals surface area contributed by atoms with Gasteiger partial charge in [-0.15, -0.1) is 0 Å². The number of hydrogen-bond donors (Lipinski definition) is 1. The molecular formula is C15H13BrFNO3. The SMILES string of the molecule is Cc1cc(C)n(Cc2ccc(F)c(Br)c2)c(=O)c1C(=O)O. The number of carboxylic acids is 1. The lowest BCUT2D eigenvalue weighted by molar-refractivity contribution is 0.0693. The monoisotopic (exact) mass is 353 g/mol. The van der Waals surface area contributed by atoms with Crippen LogP contribution in [0.4, 0.5) is 4.39 Å². The first kappa shape index (κ1) is 15.4. The summed E-state index contributed by atoms with van der Waals surface area (Å²) >= 11 is 3.09. The molecule has 1 N–H and O–H groups in total. The lowest BCUT2D eigenvalue weighted by atomic mass is 10.1. The first-order valence-corrected chi connectivity index (χ1v) is 6.99. The Morgan fingerprint density at radius 1 is 1.33 bits per heavy atom. The number of rotatable bonds is 3. The number of hydrogen-bond acceptors (Lipinski definition) is 2. The van der Waals surface area contributed by atoms with Gasteiger partial charge in [0.15, 0.2) is 0 Å². The molecule has 1 aromatic heterocycles. The van der Waals surface area contributed by atoms with Crippen LogP contribution in [0.25, 0.3) is 0 Å². The molecule has 6 heteroatoms. The van der Waals surface area contributed by atoms with Crippen molar-refractivity contribution in [2.45, 2.75) is 20.4 Å². The third kappa shape index (κ3) is 3.05. The zero-order valence-electron chi connectivity index (χ0n) is 11.5. The van der Waals surface area contributed by atoms with Gasteiger partial charge in [-0.3, -0.25) is 4.79 Å². The van der Waals surface area contributed by atoms with Gasteiger partial charge in [0.1, 0.15) is 11.4 Å². The van der Waals surface area contributed by atoms with E-state index in [1.165, 1.54) is 10.6 Å². The fourth-order valence-electron chi connectivity index (χ4n) is 2.20. The number of aromatic nitrogens is 1. The van der Waals surface area contributed by atoms with Gasteiger partial charge in [0.25, 0.3) is 5.56 Å². The second-order valence-electron chi connectivity index (χ2n) is 4.79. The van der Waals surface area contributed by atoms with Crippen LogP contribution in [-0.4, -0.2) is 15.6 Å². The predicted molar refractivity (Wildman–Crippen MR) is 80.3 cm³/mol. The van der Waals surface area contributed by atoms with Crippen LogP contribution in [0, 0.1) is 19.7 Å². The maximum absolute atomic E-state index is 13.2. The molecule has 0 amide bonds. The molecule has 4 nitrogen and oxygen atoms in total. The summed E-state index contributed by atoms with van der Waals surface area (Å²) in [5.74, 6) is -1.63. The molecule has 1 aromatic carbocycles. The van der Waals surface area contributed by atoms with Crippen LogP contribution in [0.5, 0.6) is 0 Å². The second-order valence-corrected chi connectivity index (χ2v) is 5.64. The van der Waals surface area contributed by atoms with E-state index in [1.54, 1.807) is 32.0 Å². The van der Waals surface area contributed by atoms with Gasteiger partial charge in [-0.05, 0) is 59.1 Å². The van der Waals surface area contributed by atoms with Crippen molar-refractivity contribution < 1.29 is 14.3 Å². The summed E-state index contributed by atoms with van der Waals surface area (Å²) in [7, 11) is 0. The molecule has 0 aliphatic rings. The highest BCUT2D eigenvalue weighted by molar-refractivity contribution is 9.10. The third-order valence-electron chi connectivity index (χ3n) is 3.24. The molecule has 110 valence electrons. The molecule has 21 heavy (non-hydrogen) atoms. The molecule has 0 radical (unpaired) electrons. The van der Waals surface area contributed by atoms with E-state index in [0.717, 1.165) is 0 Å². The topological polar surface area (TPSA) is 59.3 Å². The Bertz CT molecular complexity index is 783. The van der Waals surface area contributed by atoms with Gasteiger partial charge >= 0.3 is 5.97 Å². The van der Waals surface area contributed by atoms with Crippen molar-refractivity contribution in [3.8, 4) is 0 Å². The maximum Gasteiger partial charge on any atom is 0.341 e. The molecule has 2 aromatic rings. The highest BCUT2D eigenvalue weighted by Gasteiger charge is 2.16. The van der Waals surface area contributed by atoms with Crippen LogP contribution >= 0.6 is 15.9 Å². The molecular weight excluding hydrogens is 341 g/mol. The summed E-state index contributed by atoms with van der Waals surface area (Å²) < 4.78 is 14.9. The van der Waals surface area contributed by atoms with E-state index in [0.29, 0.717) is 21.3 Å². The van der Waals surface area contributed by atoms with Crippen LogP contribution in [-0.2, 0) is 6.54 Å². The molecule has 0 unspecified atom stereocenters. The first-order chi connectivity index (χ1) is 9.81. The zero-order valence-corrected chi connectivity index (χ0v) is 13.1. The van der Waals surface area contributed by atoms with E-state index >= 15 is 0 Å². The molecule has 1 heterocycles. The molecule has 0 aliphatic carbocycles. The Kier molecular flexibility index (Phi) is 4.27. The van der Waals surface area contributed by atoms with Crippen LogP contribution in [0.3, 0.4) is 0 Å². The standard InChI is InChI=1S/C15H13BrFNO3/c1-8-5-9(2)18(14(19)13(8)15(20)21)7-10-3-4-12(17)11(16)6-10/h3-6H,7H2,1-2H3,(H,20,21). The first-order valence-electron chi connectivity index (χ1n) is 6.19. The predicted octanol–water partition coefficient (Wildman–Crippen LogP) is 3.11. The summed E-state index contributed by atoms with van der Waals surface area (Å²) in [4.78, 5) is 23.5. The molecule has 0 atom stereocenters. The Morgan fingerprint density at radius 3 is 2.57 bits per heavy atom. The Hall–Kier alpha value is -1.95. The normalized spacial score (nSPS) is 10.7. The average Bonchev–Trinajstić information content (AvgIpc) is 2.38. The number of pyridine rings is 1. The summed E-state index contributed by atoms with van der Waals surface area (Å²) in [5.41, 5.74) is 1.00. The quantitative estimate of drug-likeness (QED) is 0.922. The van der Waals surface area contributed by atoms with Crippen molar-refractivity contribution in [1.82, 2.24) is 4.57 Å². The number of halogens is 2. The van der Waals surface area contributed by atoms with Gasteiger partial charge in [-0.2, -0.15) is 0 Å². The zero-order chi connectivity index (χ0) is 15.7. The summed E-state index contributed by atoms with van der Waals surface area (Å²) in [5, 5.41) is 9.14. The summed E-state index contributed by atoms with van der Waals surface area (Å²) in [6.07, 6.45) is 0. The van der Waals surface area contributed by atoms with Crippen LogP contribution < -0.4 is 5.56 Å². The van der Waals surface area contributed by atoms with E-state index in [1.807, 2.05) is 0 Å². The minimum absolute atomic E-state index is 0.185. The van der Waals surface area contributed by atoms with E-state index in [-0.39, 0.29) is 12.1 Å². The van der Waals surface area contributed by atoms with Crippen molar-refractivity contribution in [2.75, 3.05) is 0 Å². The van der Waals surface area contributed by atoms with Gasteiger partial charge in [0.05, 0.1) is 11.0 Å². The van der Waals surface area contributed by atoms with Gasteiger partial charge in [0.2, 0.25) is 0 Å². The molecule has 0 bridgehead atoms. The smallest absolute Gasteiger partial charge is 0.341 e. The van der Waals surface area contributed by atoms with Crippen molar-refractivity contribution in [1.29, 1.82) is 0 Å². The van der Waals surface area contributed by atoms with Crippen molar-refractivity contribution in [3.63, 3.8) is 0 Å². The highest BCUT2D eigenvalue weighted by Crippen LogP contribution is 2.18. The van der Waals surface area contributed by atoms with Gasteiger partial charge < -0.3 is 9.67 Å². The van der Waals surface area contributed by atoms with E-state index in [4.69, 9.17) is 5.11 Å². The highest BCUT2D eigenvalue weighted by atomic mass is 79.9. The number of nitrogens with zero attached hydrogens (tertiary/aromatic N) is 1. The Balaban J connectivity index is 2.54. The second kappa shape index (κ2) is 5.81. The van der Waals surface area contributed by atoms with Gasteiger partial charge in [-0.1, -0.05) is 6.07 Å². The third-order valence-corrected chi connectivity index (χ3v) is 3.85. The summed E-state index contributed by atoms with van der Waals surface area (Å²) in [6, 6.07) is 6.09. The number of carboxylic acid groups (broad SMARTS) is 1. The van der Waals surface area contributed by atoms with Crippen LogP contribution in [0.15, 0.2) is 33.5 Å². The van der Waals surface area contributed by atoms with Crippen molar-refractivity contribution in [2.24, 2.45) is 0 Å². The number of benzene rings is 1. The van der Waals surface area contributed by atoms with Gasteiger partial charge in [-0.25, -0.2) is 9.18 Å². The average molecular weight is 354 g/mol. The fourth-order valence-corrected chi connectivity index (χ4v) is 2.63. The van der Waals surface area contributed by atoms with E-state index in [9.17, 15) is 14.0 Å². The summed E-state index contributed by atoms with van der Waals surface area (Å²) in [6.45, 7) is 3.51. The van der Waals surface area contributed by atoms with Crippen molar-refractivity contribution in [3.05, 3.63) is 67.3 Å². The fraction of sp³-hybridized carbons (Fsp3) is 0.200. The van der Waals surface area contributed by atoms with Gasteiger partial charge in [0, 0.05) is 5.69 Å². The maximum atomic E-state index is 13.2. The number of aromatic carboxylic acids is 1. The molecule has 0 saturated heterocycles. The Labute approximate surface area is 129 Å². The molecule has 0 fully saturated rings. The molecule has 0 aliphatic heterocycles. The number of aryl methyl sites for hydroxylation is 2. The molecule has 0 saturated carbocycles. The molecule has 2 rings (SSSR count). The van der Waals surface area contributed by atoms with Crippen LogP contribution in [0.1, 0.15) is 27.2 Å². The minimum Gasteiger partial charge on any atom is -0.477 e. The lowest BCUT2D eigenvalue weighted by Gasteiger charge is -2.13. The van der Waals surface area contributed by atoms with Crippen LogP contribution in [0.2, 0.25) is 0 Å². The van der Waals surface area contributed by atoms with E-state index in [2.05, 4.69) is 15.9 Å².